The molecule has 0 spiro atoms. The minimum atomic E-state index is -0.807. The maximum Gasteiger partial charge on any atom is 0.317 e. The van der Waals surface area contributed by atoms with Gasteiger partial charge in [0.1, 0.15) is 0 Å². The standard InChI is InChI=1S/C22H45N3O4/c1-4-7-8-9-10-11-12-13-14-20(25(6-3)19-22(28)29)17-23-15-16-24(5-2)18-21(26)27/h20,23H,4-19H2,1-3H3,(H,26,27)(H,28,29). The zero-order valence-electron chi connectivity index (χ0n) is 19.0. The van der Waals surface area contributed by atoms with Crippen molar-refractivity contribution >= 4 is 11.9 Å². The van der Waals surface area contributed by atoms with Gasteiger partial charge in [0, 0.05) is 25.7 Å². The number of nitrogens with zero attached hydrogens (tertiary/aromatic N) is 2. The normalized spacial score (nSPS) is 12.6. The van der Waals surface area contributed by atoms with E-state index >= 15 is 0 Å². The highest BCUT2D eigenvalue weighted by Crippen LogP contribution is 2.13. The molecule has 0 saturated carbocycles. The number of hydrogen-bond acceptors (Lipinski definition) is 5. The molecule has 0 bridgehead atoms. The molecule has 0 aliphatic heterocycles. The van der Waals surface area contributed by atoms with Crippen molar-refractivity contribution in [2.75, 3.05) is 45.8 Å². The highest BCUT2D eigenvalue weighted by molar-refractivity contribution is 5.69. The number of carbonyl (C=O) groups is 2. The number of hydrogen-bond donors (Lipinski definition) is 3. The molecular weight excluding hydrogens is 370 g/mol. The summed E-state index contributed by atoms with van der Waals surface area (Å²) in [6, 6.07) is 0.200. The Morgan fingerprint density at radius 1 is 0.828 bits per heavy atom. The van der Waals surface area contributed by atoms with Crippen molar-refractivity contribution in [1.29, 1.82) is 0 Å². The molecule has 29 heavy (non-hydrogen) atoms. The third-order valence-electron chi connectivity index (χ3n) is 5.44. The van der Waals surface area contributed by atoms with Crippen LogP contribution in [0.2, 0.25) is 0 Å². The van der Waals surface area contributed by atoms with Crippen LogP contribution in [0, 0.1) is 0 Å². The molecule has 7 nitrogen and oxygen atoms in total. The van der Waals surface area contributed by atoms with E-state index in [1.165, 1.54) is 44.9 Å². The lowest BCUT2D eigenvalue weighted by molar-refractivity contribution is -0.139. The molecule has 0 saturated heterocycles. The van der Waals surface area contributed by atoms with E-state index in [1.807, 2.05) is 23.6 Å². The fourth-order valence-corrected chi connectivity index (χ4v) is 3.65. The van der Waals surface area contributed by atoms with Crippen LogP contribution in [-0.4, -0.2) is 83.8 Å². The molecule has 172 valence electrons. The number of rotatable bonds is 21. The summed E-state index contributed by atoms with van der Waals surface area (Å²) in [5, 5.41) is 21.6. The van der Waals surface area contributed by atoms with Crippen LogP contribution < -0.4 is 5.32 Å². The Morgan fingerprint density at radius 3 is 1.93 bits per heavy atom. The molecular formula is C22H45N3O4. The molecule has 0 amide bonds. The van der Waals surface area contributed by atoms with Gasteiger partial charge in [0.05, 0.1) is 13.1 Å². The molecule has 0 aromatic heterocycles. The maximum atomic E-state index is 11.2. The number of carboxylic acids is 2. The van der Waals surface area contributed by atoms with Crippen LogP contribution >= 0.6 is 0 Å². The molecule has 3 N–H and O–H groups in total. The first-order chi connectivity index (χ1) is 13.9. The van der Waals surface area contributed by atoms with Crippen molar-refractivity contribution in [3.63, 3.8) is 0 Å². The Hall–Kier alpha value is -1.18. The summed E-state index contributed by atoms with van der Waals surface area (Å²) in [5.41, 5.74) is 0. The van der Waals surface area contributed by atoms with Crippen LogP contribution in [-0.2, 0) is 9.59 Å². The van der Waals surface area contributed by atoms with Crippen molar-refractivity contribution in [1.82, 2.24) is 15.1 Å². The summed E-state index contributed by atoms with van der Waals surface area (Å²) in [5.74, 6) is -1.59. The third kappa shape index (κ3) is 16.3. The van der Waals surface area contributed by atoms with Gasteiger partial charge in [-0.2, -0.15) is 0 Å². The summed E-state index contributed by atoms with van der Waals surface area (Å²) < 4.78 is 0. The molecule has 7 heteroatoms. The van der Waals surface area contributed by atoms with Gasteiger partial charge in [-0.1, -0.05) is 72.1 Å². The molecule has 0 aromatic rings. The quantitative estimate of drug-likeness (QED) is 0.248. The Morgan fingerprint density at radius 2 is 1.41 bits per heavy atom. The van der Waals surface area contributed by atoms with Crippen molar-refractivity contribution in [2.45, 2.75) is 84.6 Å². The van der Waals surface area contributed by atoms with Crippen molar-refractivity contribution in [2.24, 2.45) is 0 Å². The first-order valence-corrected chi connectivity index (χ1v) is 11.5. The van der Waals surface area contributed by atoms with Crippen LogP contribution in [0.1, 0.15) is 78.6 Å². The number of unbranched alkanes of at least 4 members (excludes halogenated alkanes) is 7. The topological polar surface area (TPSA) is 93.1 Å². The fraction of sp³-hybridized carbons (Fsp3) is 0.909. The molecule has 0 heterocycles. The third-order valence-corrected chi connectivity index (χ3v) is 5.44. The summed E-state index contributed by atoms with van der Waals surface area (Å²) in [6.07, 6.45) is 11.1. The first kappa shape index (κ1) is 27.8. The number of carboxylic acid groups (broad SMARTS) is 2. The zero-order chi connectivity index (χ0) is 21.9. The van der Waals surface area contributed by atoms with Gasteiger partial charge >= 0.3 is 11.9 Å². The van der Waals surface area contributed by atoms with E-state index in [-0.39, 0.29) is 19.1 Å². The van der Waals surface area contributed by atoms with Crippen LogP contribution in [0.4, 0.5) is 0 Å². The summed E-state index contributed by atoms with van der Waals surface area (Å²) in [6.45, 7) is 9.87. The van der Waals surface area contributed by atoms with Gasteiger partial charge < -0.3 is 15.5 Å². The van der Waals surface area contributed by atoms with Gasteiger partial charge in [-0.15, -0.1) is 0 Å². The van der Waals surface area contributed by atoms with Crippen molar-refractivity contribution in [3.05, 3.63) is 0 Å². The second-order valence-electron chi connectivity index (χ2n) is 7.84. The Labute approximate surface area is 177 Å². The van der Waals surface area contributed by atoms with Gasteiger partial charge in [0.25, 0.3) is 0 Å². The van der Waals surface area contributed by atoms with Crippen LogP contribution in [0.15, 0.2) is 0 Å². The van der Waals surface area contributed by atoms with Gasteiger partial charge in [-0.25, -0.2) is 0 Å². The van der Waals surface area contributed by atoms with E-state index in [9.17, 15) is 14.7 Å². The molecule has 1 unspecified atom stereocenters. The second-order valence-corrected chi connectivity index (χ2v) is 7.84. The average Bonchev–Trinajstić information content (AvgIpc) is 2.68. The number of aliphatic carboxylic acids is 2. The fourth-order valence-electron chi connectivity index (χ4n) is 3.65. The summed E-state index contributed by atoms with van der Waals surface area (Å²) in [4.78, 5) is 26.0. The number of nitrogens with one attached hydrogen (secondary N) is 1. The Balaban J connectivity index is 4.32. The molecule has 0 aromatic carbocycles. The number of likely N-dealkylation sites (N-methyl/N-ethyl adjacent to an activating group) is 2. The van der Waals surface area contributed by atoms with E-state index in [0.29, 0.717) is 19.6 Å². The lowest BCUT2D eigenvalue weighted by Gasteiger charge is -2.30. The van der Waals surface area contributed by atoms with E-state index in [1.54, 1.807) is 0 Å². The highest BCUT2D eigenvalue weighted by Gasteiger charge is 2.19. The lowest BCUT2D eigenvalue weighted by Crippen LogP contribution is -2.46. The van der Waals surface area contributed by atoms with Crippen molar-refractivity contribution in [3.8, 4) is 0 Å². The van der Waals surface area contributed by atoms with Crippen molar-refractivity contribution < 1.29 is 19.8 Å². The first-order valence-electron chi connectivity index (χ1n) is 11.5. The van der Waals surface area contributed by atoms with E-state index in [2.05, 4.69) is 12.2 Å². The van der Waals surface area contributed by atoms with Gasteiger partial charge in [0.15, 0.2) is 0 Å². The monoisotopic (exact) mass is 415 g/mol. The molecule has 0 rings (SSSR count). The predicted molar refractivity (Wildman–Crippen MR) is 119 cm³/mol. The maximum absolute atomic E-state index is 11.2. The van der Waals surface area contributed by atoms with Crippen LogP contribution in [0.25, 0.3) is 0 Å². The largest absolute Gasteiger partial charge is 0.480 e. The van der Waals surface area contributed by atoms with E-state index in [4.69, 9.17) is 5.11 Å². The smallest absolute Gasteiger partial charge is 0.317 e. The molecule has 1 atom stereocenters. The predicted octanol–water partition coefficient (Wildman–Crippen LogP) is 3.29. The van der Waals surface area contributed by atoms with Gasteiger partial charge in [-0.05, 0) is 19.5 Å². The summed E-state index contributed by atoms with van der Waals surface area (Å²) in [7, 11) is 0. The molecule has 0 radical (unpaired) electrons. The van der Waals surface area contributed by atoms with Crippen LogP contribution in [0.3, 0.4) is 0 Å². The summed E-state index contributed by atoms with van der Waals surface area (Å²) >= 11 is 0. The van der Waals surface area contributed by atoms with E-state index in [0.717, 1.165) is 25.9 Å². The van der Waals surface area contributed by atoms with E-state index < -0.39 is 11.9 Å². The minimum absolute atomic E-state index is 0.0555. The van der Waals surface area contributed by atoms with Crippen LogP contribution in [0.5, 0.6) is 0 Å². The average molecular weight is 416 g/mol. The van der Waals surface area contributed by atoms with Gasteiger partial charge in [0.2, 0.25) is 0 Å². The zero-order valence-corrected chi connectivity index (χ0v) is 19.0. The Kier molecular flexibility index (Phi) is 18.1. The SMILES string of the molecule is CCCCCCCCCCC(CNCCN(CC)CC(=O)O)N(CC)CC(=O)O. The molecule has 0 fully saturated rings. The second kappa shape index (κ2) is 18.8. The molecule has 0 aliphatic rings. The van der Waals surface area contributed by atoms with Gasteiger partial charge in [-0.3, -0.25) is 19.4 Å². The lowest BCUT2D eigenvalue weighted by atomic mass is 10.0. The molecule has 0 aliphatic carbocycles. The highest BCUT2D eigenvalue weighted by atomic mass is 16.4. The minimum Gasteiger partial charge on any atom is -0.480 e. The Bertz CT molecular complexity index is 421.